The second-order valence-corrected chi connectivity index (χ2v) is 9.90. The third kappa shape index (κ3) is 4.56. The van der Waals surface area contributed by atoms with Gasteiger partial charge in [-0.2, -0.15) is 0 Å². The van der Waals surface area contributed by atoms with Crippen molar-refractivity contribution in [3.63, 3.8) is 0 Å². The number of hydrogen-bond donors (Lipinski definition) is 0. The molecule has 4 rings (SSSR count). The van der Waals surface area contributed by atoms with Crippen LogP contribution in [0.3, 0.4) is 0 Å². The third-order valence-electron chi connectivity index (χ3n) is 4.82. The summed E-state index contributed by atoms with van der Waals surface area (Å²) in [6.45, 7) is 1.90. The van der Waals surface area contributed by atoms with Gasteiger partial charge < -0.3 is 4.74 Å². The van der Waals surface area contributed by atoms with Gasteiger partial charge in [-0.05, 0) is 43.3 Å². The van der Waals surface area contributed by atoms with Gasteiger partial charge in [0.25, 0.3) is 10.0 Å². The molecule has 0 N–H and O–H groups in total. The second kappa shape index (κ2) is 8.94. The van der Waals surface area contributed by atoms with Gasteiger partial charge in [-0.3, -0.25) is 4.31 Å². The largest absolute Gasteiger partial charge is 0.422 e. The molecule has 0 aliphatic heterocycles. The number of ether oxygens (including phenoxy) is 1. The van der Waals surface area contributed by atoms with E-state index in [4.69, 9.17) is 4.74 Å². The molecule has 0 spiro atoms. The number of aryl methyl sites for hydroxylation is 1. The van der Waals surface area contributed by atoms with Crippen LogP contribution in [0.15, 0.2) is 89.1 Å². The van der Waals surface area contributed by atoms with Crippen LogP contribution in [0.5, 0.6) is 5.75 Å². The summed E-state index contributed by atoms with van der Waals surface area (Å²) in [5.41, 5.74) is 2.58. The lowest BCUT2D eigenvalue weighted by Gasteiger charge is -2.19. The Balaban J connectivity index is 1.46. The van der Waals surface area contributed by atoms with Crippen molar-refractivity contribution in [1.82, 2.24) is 4.98 Å². The molecule has 0 radical (unpaired) electrons. The molecule has 32 heavy (non-hydrogen) atoms. The lowest BCUT2D eigenvalue weighted by molar-refractivity contribution is 0.0729. The Morgan fingerprint density at radius 2 is 1.59 bits per heavy atom. The van der Waals surface area contributed by atoms with E-state index in [0.29, 0.717) is 11.4 Å². The molecule has 0 bridgehead atoms. The van der Waals surface area contributed by atoms with Crippen LogP contribution < -0.4 is 9.04 Å². The summed E-state index contributed by atoms with van der Waals surface area (Å²) >= 11 is 1.36. The van der Waals surface area contributed by atoms with Crippen LogP contribution in [0.25, 0.3) is 10.6 Å². The molecule has 3 aromatic carbocycles. The molecule has 0 fully saturated rings. The minimum atomic E-state index is -3.69. The van der Waals surface area contributed by atoms with Crippen molar-refractivity contribution in [3.05, 3.63) is 95.5 Å². The molecule has 4 aromatic rings. The highest BCUT2D eigenvalue weighted by Crippen LogP contribution is 2.26. The summed E-state index contributed by atoms with van der Waals surface area (Å²) in [6, 6.07) is 22.5. The fourth-order valence-electron chi connectivity index (χ4n) is 2.97. The molecule has 1 aromatic heterocycles. The number of nitrogens with zero attached hydrogens (tertiary/aromatic N) is 2. The molecule has 1 heterocycles. The number of anilines is 1. The minimum absolute atomic E-state index is 0.207. The first-order chi connectivity index (χ1) is 15.3. The number of hydrogen-bond acceptors (Lipinski definition) is 6. The van der Waals surface area contributed by atoms with Crippen molar-refractivity contribution in [3.8, 4) is 16.3 Å². The minimum Gasteiger partial charge on any atom is -0.422 e. The molecule has 0 aliphatic carbocycles. The van der Waals surface area contributed by atoms with Gasteiger partial charge in [0.15, 0.2) is 5.69 Å². The maximum Gasteiger partial charge on any atom is 0.363 e. The molecule has 0 saturated heterocycles. The summed E-state index contributed by atoms with van der Waals surface area (Å²) in [7, 11) is -2.21. The van der Waals surface area contributed by atoms with Crippen molar-refractivity contribution >= 4 is 33.0 Å². The zero-order valence-corrected chi connectivity index (χ0v) is 19.1. The standard InChI is InChI=1S/C24H20N2O4S2/c1-17-8-14-21(15-9-17)32(28,29)26(2)19-10-12-20(13-11-19)30-24(27)22-16-31-23(25-22)18-6-4-3-5-7-18/h3-16H,1-2H3. The number of aromatic nitrogens is 1. The number of sulfonamides is 1. The number of rotatable bonds is 6. The fourth-order valence-corrected chi connectivity index (χ4v) is 4.96. The van der Waals surface area contributed by atoms with E-state index in [0.717, 1.165) is 16.1 Å². The van der Waals surface area contributed by atoms with Gasteiger partial charge in [0.05, 0.1) is 10.6 Å². The van der Waals surface area contributed by atoms with E-state index in [2.05, 4.69) is 4.98 Å². The van der Waals surface area contributed by atoms with Gasteiger partial charge in [0, 0.05) is 18.0 Å². The van der Waals surface area contributed by atoms with E-state index in [1.807, 2.05) is 37.3 Å². The normalized spacial score (nSPS) is 11.2. The van der Waals surface area contributed by atoms with Gasteiger partial charge in [0.1, 0.15) is 10.8 Å². The maximum atomic E-state index is 12.8. The summed E-state index contributed by atoms with van der Waals surface area (Å²) in [4.78, 5) is 17.0. The molecule has 162 valence electrons. The van der Waals surface area contributed by atoms with Gasteiger partial charge >= 0.3 is 5.97 Å². The zero-order valence-electron chi connectivity index (χ0n) is 17.4. The number of benzene rings is 3. The molecule has 0 saturated carbocycles. The van der Waals surface area contributed by atoms with E-state index in [1.54, 1.807) is 53.9 Å². The number of esters is 1. The Morgan fingerprint density at radius 3 is 2.25 bits per heavy atom. The highest BCUT2D eigenvalue weighted by atomic mass is 32.2. The SMILES string of the molecule is Cc1ccc(S(=O)(=O)N(C)c2ccc(OC(=O)c3csc(-c4ccccc4)n3)cc2)cc1. The van der Waals surface area contributed by atoms with Crippen LogP contribution in [0.1, 0.15) is 16.1 Å². The van der Waals surface area contributed by atoms with Crippen LogP contribution in [-0.2, 0) is 10.0 Å². The molecule has 0 aliphatic rings. The fraction of sp³-hybridized carbons (Fsp3) is 0.0833. The Labute approximate surface area is 190 Å². The highest BCUT2D eigenvalue weighted by molar-refractivity contribution is 7.92. The molecule has 0 amide bonds. The van der Waals surface area contributed by atoms with Crippen molar-refractivity contribution in [2.45, 2.75) is 11.8 Å². The van der Waals surface area contributed by atoms with E-state index in [9.17, 15) is 13.2 Å². The van der Waals surface area contributed by atoms with Gasteiger partial charge in [-0.15, -0.1) is 11.3 Å². The Hall–Kier alpha value is -3.49. The maximum absolute atomic E-state index is 12.8. The average Bonchev–Trinajstić information content (AvgIpc) is 3.31. The van der Waals surface area contributed by atoms with Crippen molar-refractivity contribution < 1.29 is 17.9 Å². The predicted octanol–water partition coefficient (Wildman–Crippen LogP) is 5.16. The molecule has 8 heteroatoms. The molecule has 6 nitrogen and oxygen atoms in total. The number of carbonyl (C=O) groups excluding carboxylic acids is 1. The quantitative estimate of drug-likeness (QED) is 0.291. The van der Waals surface area contributed by atoms with Crippen molar-refractivity contribution in [2.24, 2.45) is 0 Å². The second-order valence-electron chi connectivity index (χ2n) is 7.07. The molecular formula is C24H20N2O4S2. The van der Waals surface area contributed by atoms with Crippen LogP contribution in [0, 0.1) is 6.92 Å². The first-order valence-electron chi connectivity index (χ1n) is 9.73. The average molecular weight is 465 g/mol. The lowest BCUT2D eigenvalue weighted by Crippen LogP contribution is -2.26. The van der Waals surface area contributed by atoms with Gasteiger partial charge in [-0.25, -0.2) is 18.2 Å². The summed E-state index contributed by atoms with van der Waals surface area (Å²) < 4.78 is 32.3. The molecule has 0 unspecified atom stereocenters. The number of thiazole rings is 1. The Bertz CT molecular complexity index is 1330. The molecular weight excluding hydrogens is 444 g/mol. The van der Waals surface area contributed by atoms with Crippen LogP contribution in [-0.4, -0.2) is 26.4 Å². The summed E-state index contributed by atoms with van der Waals surface area (Å²) in [5.74, 6) is -0.272. The number of carbonyl (C=O) groups is 1. The van der Waals surface area contributed by atoms with Crippen LogP contribution >= 0.6 is 11.3 Å². The van der Waals surface area contributed by atoms with E-state index in [-0.39, 0.29) is 10.6 Å². The lowest BCUT2D eigenvalue weighted by atomic mass is 10.2. The van der Waals surface area contributed by atoms with E-state index >= 15 is 0 Å². The van der Waals surface area contributed by atoms with E-state index in [1.165, 1.54) is 22.7 Å². The topological polar surface area (TPSA) is 76.6 Å². The summed E-state index contributed by atoms with van der Waals surface area (Å²) in [5, 5.41) is 2.39. The third-order valence-corrected chi connectivity index (χ3v) is 7.52. The van der Waals surface area contributed by atoms with E-state index < -0.39 is 16.0 Å². The monoisotopic (exact) mass is 464 g/mol. The molecule has 0 atom stereocenters. The highest BCUT2D eigenvalue weighted by Gasteiger charge is 2.21. The van der Waals surface area contributed by atoms with Gasteiger partial charge in [-0.1, -0.05) is 48.0 Å². The summed E-state index contributed by atoms with van der Waals surface area (Å²) in [6.07, 6.45) is 0. The van der Waals surface area contributed by atoms with Crippen molar-refractivity contribution in [2.75, 3.05) is 11.4 Å². The van der Waals surface area contributed by atoms with Crippen LogP contribution in [0.4, 0.5) is 5.69 Å². The van der Waals surface area contributed by atoms with Gasteiger partial charge in [0.2, 0.25) is 0 Å². The predicted molar refractivity (Wildman–Crippen MR) is 126 cm³/mol. The Kier molecular flexibility index (Phi) is 6.07. The Morgan fingerprint density at radius 1 is 0.938 bits per heavy atom. The first kappa shape index (κ1) is 21.7. The smallest absolute Gasteiger partial charge is 0.363 e. The zero-order chi connectivity index (χ0) is 22.7. The van der Waals surface area contributed by atoms with Crippen molar-refractivity contribution in [1.29, 1.82) is 0 Å². The van der Waals surface area contributed by atoms with Crippen LogP contribution in [0.2, 0.25) is 0 Å². The first-order valence-corrected chi connectivity index (χ1v) is 12.1.